The number of allylic oxidation sites excluding steroid dienone is 2. The zero-order valence-corrected chi connectivity index (χ0v) is 5.92. The van der Waals surface area contributed by atoms with Crippen molar-refractivity contribution in [3.05, 3.63) is 23.9 Å². The Morgan fingerprint density at radius 3 is 2.40 bits per heavy atom. The van der Waals surface area contributed by atoms with Crippen LogP contribution in [0.25, 0.3) is 0 Å². The Balaban J connectivity index is 4.12. The normalized spacial score (nSPS) is 11.1. The maximum Gasteiger partial charge on any atom is 0.307 e. The molecule has 56 valence electrons. The van der Waals surface area contributed by atoms with E-state index in [2.05, 4.69) is 6.58 Å². The first-order valence-corrected chi connectivity index (χ1v) is 2.89. The molecule has 0 aromatic carbocycles. The van der Waals surface area contributed by atoms with Crippen LogP contribution in [0.1, 0.15) is 13.3 Å². The Hall–Kier alpha value is -1.25. The Morgan fingerprint density at radius 2 is 2.30 bits per heavy atom. The van der Waals surface area contributed by atoms with Crippen LogP contribution < -0.4 is 5.73 Å². The van der Waals surface area contributed by atoms with Gasteiger partial charge >= 0.3 is 5.97 Å². The van der Waals surface area contributed by atoms with Crippen LogP contribution in [-0.2, 0) is 4.79 Å². The van der Waals surface area contributed by atoms with Crippen molar-refractivity contribution >= 4 is 5.97 Å². The Kier molecular flexibility index (Phi) is 3.25. The van der Waals surface area contributed by atoms with Crippen molar-refractivity contribution in [2.45, 2.75) is 13.3 Å². The highest BCUT2D eigenvalue weighted by atomic mass is 16.4. The predicted octanol–water partition coefficient (Wildman–Crippen LogP) is 0.880. The zero-order valence-electron chi connectivity index (χ0n) is 5.92. The van der Waals surface area contributed by atoms with E-state index in [1.54, 1.807) is 13.0 Å². The van der Waals surface area contributed by atoms with Crippen LogP contribution >= 0.6 is 0 Å². The van der Waals surface area contributed by atoms with Gasteiger partial charge in [-0.1, -0.05) is 12.7 Å². The van der Waals surface area contributed by atoms with Crippen molar-refractivity contribution in [3.63, 3.8) is 0 Å². The van der Waals surface area contributed by atoms with Gasteiger partial charge in [0.1, 0.15) is 0 Å². The van der Waals surface area contributed by atoms with Crippen molar-refractivity contribution in [2.75, 3.05) is 0 Å². The van der Waals surface area contributed by atoms with E-state index in [1.165, 1.54) is 0 Å². The molecule has 0 atom stereocenters. The fourth-order valence-electron chi connectivity index (χ4n) is 0.564. The summed E-state index contributed by atoms with van der Waals surface area (Å²) in [6.45, 7) is 5.16. The Bertz CT molecular complexity index is 182. The number of nitrogens with two attached hydrogens (primary N) is 1. The molecule has 0 aliphatic rings. The lowest BCUT2D eigenvalue weighted by Gasteiger charge is -2.00. The highest BCUT2D eigenvalue weighted by molar-refractivity contribution is 5.71. The van der Waals surface area contributed by atoms with Gasteiger partial charge in [0.25, 0.3) is 0 Å². The summed E-state index contributed by atoms with van der Waals surface area (Å²) in [4.78, 5) is 10.1. The van der Waals surface area contributed by atoms with Gasteiger partial charge in [0, 0.05) is 5.70 Å². The van der Waals surface area contributed by atoms with Crippen molar-refractivity contribution < 1.29 is 9.90 Å². The van der Waals surface area contributed by atoms with Crippen molar-refractivity contribution in [2.24, 2.45) is 5.73 Å². The monoisotopic (exact) mass is 141 g/mol. The number of carboxylic acid groups (broad SMARTS) is 1. The molecule has 0 unspecified atom stereocenters. The molecule has 0 aromatic rings. The van der Waals surface area contributed by atoms with Gasteiger partial charge in [0.15, 0.2) is 0 Å². The molecule has 3 heteroatoms. The number of hydrogen-bond acceptors (Lipinski definition) is 2. The summed E-state index contributed by atoms with van der Waals surface area (Å²) in [6.07, 6.45) is 1.60. The van der Waals surface area contributed by atoms with E-state index in [-0.39, 0.29) is 6.42 Å². The van der Waals surface area contributed by atoms with E-state index < -0.39 is 5.97 Å². The minimum atomic E-state index is -0.889. The van der Waals surface area contributed by atoms with E-state index in [4.69, 9.17) is 10.8 Å². The first-order chi connectivity index (χ1) is 4.57. The van der Waals surface area contributed by atoms with Crippen molar-refractivity contribution in [1.82, 2.24) is 0 Å². The second-order valence-corrected chi connectivity index (χ2v) is 1.91. The van der Waals surface area contributed by atoms with Crippen LogP contribution in [0, 0.1) is 0 Å². The number of rotatable bonds is 3. The van der Waals surface area contributed by atoms with Crippen molar-refractivity contribution in [1.29, 1.82) is 0 Å². The summed E-state index contributed by atoms with van der Waals surface area (Å²) in [6, 6.07) is 0. The van der Waals surface area contributed by atoms with Gasteiger partial charge in [0.2, 0.25) is 0 Å². The van der Waals surface area contributed by atoms with Gasteiger partial charge in [-0.25, -0.2) is 0 Å². The van der Waals surface area contributed by atoms with Crippen LogP contribution in [0.2, 0.25) is 0 Å². The fourth-order valence-corrected chi connectivity index (χ4v) is 0.564. The lowest BCUT2D eigenvalue weighted by Crippen LogP contribution is -2.04. The summed E-state index contributed by atoms with van der Waals surface area (Å²) in [5.74, 6) is -0.889. The van der Waals surface area contributed by atoms with Crippen LogP contribution in [0.5, 0.6) is 0 Å². The fraction of sp³-hybridized carbons (Fsp3) is 0.286. The molecule has 0 fully saturated rings. The van der Waals surface area contributed by atoms with Gasteiger partial charge < -0.3 is 10.8 Å². The average molecular weight is 141 g/mol. The molecule has 10 heavy (non-hydrogen) atoms. The lowest BCUT2D eigenvalue weighted by atomic mass is 10.1. The zero-order chi connectivity index (χ0) is 8.15. The quantitative estimate of drug-likeness (QED) is 0.573. The molecule has 0 saturated carbocycles. The first-order valence-electron chi connectivity index (χ1n) is 2.89. The number of hydrogen-bond donors (Lipinski definition) is 2. The molecule has 3 nitrogen and oxygen atoms in total. The smallest absolute Gasteiger partial charge is 0.307 e. The van der Waals surface area contributed by atoms with E-state index in [1.807, 2.05) is 0 Å². The molecule has 3 N–H and O–H groups in total. The van der Waals surface area contributed by atoms with Gasteiger partial charge in [-0.2, -0.15) is 0 Å². The van der Waals surface area contributed by atoms with Crippen LogP contribution in [0.3, 0.4) is 0 Å². The van der Waals surface area contributed by atoms with Crippen LogP contribution in [0.4, 0.5) is 0 Å². The largest absolute Gasteiger partial charge is 0.481 e. The maximum atomic E-state index is 10.1. The maximum absolute atomic E-state index is 10.1. The third kappa shape index (κ3) is 2.91. The van der Waals surface area contributed by atoms with E-state index in [9.17, 15) is 4.79 Å². The SMILES string of the molecule is C=C(N)/C(=C\C)CC(=O)O. The Labute approximate surface area is 59.8 Å². The summed E-state index contributed by atoms with van der Waals surface area (Å²) in [5, 5.41) is 8.33. The molecule has 0 rings (SSSR count). The topological polar surface area (TPSA) is 63.3 Å². The minimum absolute atomic E-state index is 0.0498. The number of aliphatic carboxylic acids is 1. The van der Waals surface area contributed by atoms with E-state index >= 15 is 0 Å². The Morgan fingerprint density at radius 1 is 1.80 bits per heavy atom. The summed E-state index contributed by atoms with van der Waals surface area (Å²) >= 11 is 0. The van der Waals surface area contributed by atoms with Crippen LogP contribution in [0.15, 0.2) is 23.9 Å². The third-order valence-corrected chi connectivity index (χ3v) is 1.10. The van der Waals surface area contributed by atoms with E-state index in [0.717, 1.165) is 0 Å². The minimum Gasteiger partial charge on any atom is -0.481 e. The molecule has 0 aliphatic heterocycles. The summed E-state index contributed by atoms with van der Waals surface area (Å²) in [7, 11) is 0. The highest BCUT2D eigenvalue weighted by Gasteiger charge is 2.02. The molecule has 0 aromatic heterocycles. The summed E-state index contributed by atoms with van der Waals surface area (Å²) in [5.41, 5.74) is 6.17. The number of carbonyl (C=O) groups is 1. The highest BCUT2D eigenvalue weighted by Crippen LogP contribution is 2.05. The first kappa shape index (κ1) is 8.75. The predicted molar refractivity (Wildman–Crippen MR) is 39.3 cm³/mol. The second-order valence-electron chi connectivity index (χ2n) is 1.91. The molecule has 0 amide bonds. The second kappa shape index (κ2) is 3.71. The lowest BCUT2D eigenvalue weighted by molar-refractivity contribution is -0.136. The molecule has 0 aliphatic carbocycles. The standard InChI is InChI=1S/C7H11NO2/c1-3-6(5(2)8)4-7(9)10/h3H,2,4,8H2,1H3,(H,9,10)/b6-3-. The molecular formula is C7H11NO2. The van der Waals surface area contributed by atoms with Gasteiger partial charge in [-0.15, -0.1) is 0 Å². The summed E-state index contributed by atoms with van der Waals surface area (Å²) < 4.78 is 0. The van der Waals surface area contributed by atoms with Crippen LogP contribution in [-0.4, -0.2) is 11.1 Å². The molecule has 0 radical (unpaired) electrons. The molecule has 0 bridgehead atoms. The third-order valence-electron chi connectivity index (χ3n) is 1.10. The van der Waals surface area contributed by atoms with Gasteiger partial charge in [0.05, 0.1) is 6.42 Å². The van der Waals surface area contributed by atoms with Gasteiger partial charge in [-0.05, 0) is 12.5 Å². The number of carboxylic acids is 1. The molecule has 0 saturated heterocycles. The average Bonchev–Trinajstić information content (AvgIpc) is 1.81. The molecule has 0 spiro atoms. The molecular weight excluding hydrogens is 130 g/mol. The van der Waals surface area contributed by atoms with E-state index in [0.29, 0.717) is 11.3 Å². The molecule has 0 heterocycles. The van der Waals surface area contributed by atoms with Gasteiger partial charge in [-0.3, -0.25) is 4.79 Å². The van der Waals surface area contributed by atoms with Crippen molar-refractivity contribution in [3.8, 4) is 0 Å².